The van der Waals surface area contributed by atoms with Gasteiger partial charge in [0, 0.05) is 0 Å². The molecule has 0 spiro atoms. The first kappa shape index (κ1) is 6.60. The Bertz CT molecular complexity index is 68.8. The Hall–Kier alpha value is 0.478. The summed E-state index contributed by atoms with van der Waals surface area (Å²) >= 11 is 0.386. The van der Waals surface area contributed by atoms with Crippen LogP contribution in [0.4, 0.5) is 0 Å². The van der Waals surface area contributed by atoms with Gasteiger partial charge >= 0.3 is 57.4 Å². The molecule has 0 saturated carbocycles. The first-order valence-corrected chi connectivity index (χ1v) is 4.61. The molecule has 1 aliphatic rings. The van der Waals surface area contributed by atoms with Crippen molar-refractivity contribution < 1.29 is 0 Å². The van der Waals surface area contributed by atoms with Crippen LogP contribution >= 0.6 is 0 Å². The molecule has 1 radical (unpaired) electrons. The van der Waals surface area contributed by atoms with Crippen LogP contribution in [0.3, 0.4) is 0 Å². The fourth-order valence-electron chi connectivity index (χ4n) is 0.878. The van der Waals surface area contributed by atoms with Crippen molar-refractivity contribution in [2.75, 3.05) is 27.2 Å². The molecular weight excluding hydrogens is 163 g/mol. The molecule has 47 valence electrons. The molecule has 0 aromatic carbocycles. The number of nitrogens with zero attached hydrogens (tertiary/aromatic N) is 2. The van der Waals surface area contributed by atoms with E-state index in [0.29, 0.717) is 16.2 Å². The van der Waals surface area contributed by atoms with Crippen molar-refractivity contribution in [2.45, 2.75) is 6.42 Å². The topological polar surface area (TPSA) is 6.48 Å². The first-order chi connectivity index (χ1) is 3.79. The van der Waals surface area contributed by atoms with Crippen LogP contribution in [-0.4, -0.2) is 51.0 Å². The molecule has 1 rings (SSSR count). The van der Waals surface area contributed by atoms with E-state index >= 15 is 0 Å². The van der Waals surface area contributed by atoms with E-state index in [1.54, 1.807) is 0 Å². The molecule has 2 nitrogen and oxygen atoms in total. The van der Waals surface area contributed by atoms with Crippen LogP contribution in [0.2, 0.25) is 0 Å². The summed E-state index contributed by atoms with van der Waals surface area (Å²) in [6.45, 7) is 2.62. The van der Waals surface area contributed by atoms with Crippen molar-refractivity contribution in [3.63, 3.8) is 0 Å². The third kappa shape index (κ3) is 1.77. The monoisotopic (exact) mass is 175 g/mol. The van der Waals surface area contributed by atoms with Crippen LogP contribution in [-0.2, 0) is 0 Å². The van der Waals surface area contributed by atoms with Gasteiger partial charge in [0.15, 0.2) is 0 Å². The molecule has 3 heteroatoms. The average Bonchev–Trinajstić information content (AvgIpc) is 1.64. The van der Waals surface area contributed by atoms with E-state index in [4.69, 9.17) is 0 Å². The molecular formula is C5H12AsN2. The summed E-state index contributed by atoms with van der Waals surface area (Å²) < 4.78 is 4.86. The Balaban J connectivity index is 2.23. The normalized spacial score (nSPS) is 26.2. The number of hydrogen-bond acceptors (Lipinski definition) is 2. The molecule has 0 aliphatic carbocycles. The van der Waals surface area contributed by atoms with Crippen LogP contribution in [0, 0.1) is 0 Å². The standard InChI is InChI=1S/C5H12AsN2/c1-7-4-3-5-8(2)6-7/h3-5H2,1-2H3. The molecule has 0 aromatic rings. The van der Waals surface area contributed by atoms with Crippen molar-refractivity contribution in [1.29, 1.82) is 0 Å². The molecule has 1 saturated heterocycles. The fraction of sp³-hybridized carbons (Fsp3) is 1.00. The van der Waals surface area contributed by atoms with Crippen LogP contribution in [0.5, 0.6) is 0 Å². The van der Waals surface area contributed by atoms with Crippen LogP contribution < -0.4 is 0 Å². The molecule has 0 aromatic heterocycles. The zero-order chi connectivity index (χ0) is 5.98. The Morgan fingerprint density at radius 3 is 1.88 bits per heavy atom. The summed E-state index contributed by atoms with van der Waals surface area (Å²) in [5.41, 5.74) is 0. The molecule has 0 bridgehead atoms. The third-order valence-electron chi connectivity index (χ3n) is 1.27. The van der Waals surface area contributed by atoms with Gasteiger partial charge in [-0.2, -0.15) is 0 Å². The van der Waals surface area contributed by atoms with Crippen molar-refractivity contribution in [1.82, 2.24) is 7.63 Å². The van der Waals surface area contributed by atoms with Gasteiger partial charge < -0.3 is 0 Å². The average molecular weight is 175 g/mol. The number of hydrogen-bond donors (Lipinski definition) is 0. The maximum atomic E-state index is 2.43. The Labute approximate surface area is 58.0 Å². The molecule has 1 heterocycles. The van der Waals surface area contributed by atoms with E-state index in [-0.39, 0.29) is 0 Å². The SMILES string of the molecule is CN1CCCN(C)[As]1. The van der Waals surface area contributed by atoms with Gasteiger partial charge in [-0.1, -0.05) is 0 Å². The van der Waals surface area contributed by atoms with Crippen LogP contribution in [0.15, 0.2) is 0 Å². The quantitative estimate of drug-likeness (QED) is 0.470. The summed E-state index contributed by atoms with van der Waals surface area (Å²) in [7, 11) is 4.41. The fourth-order valence-corrected chi connectivity index (χ4v) is 2.94. The predicted octanol–water partition coefficient (Wildman–Crippen LogP) is -0.212. The van der Waals surface area contributed by atoms with Crippen LogP contribution in [0.1, 0.15) is 6.42 Å². The molecule has 0 atom stereocenters. The predicted molar refractivity (Wildman–Crippen MR) is 35.6 cm³/mol. The van der Waals surface area contributed by atoms with Crippen LogP contribution in [0.25, 0.3) is 0 Å². The van der Waals surface area contributed by atoms with Crippen molar-refractivity contribution in [2.24, 2.45) is 0 Å². The second-order valence-electron chi connectivity index (χ2n) is 2.21. The van der Waals surface area contributed by atoms with Gasteiger partial charge in [-0.15, -0.1) is 0 Å². The molecule has 0 unspecified atom stereocenters. The van der Waals surface area contributed by atoms with Gasteiger partial charge in [0.2, 0.25) is 0 Å². The third-order valence-corrected chi connectivity index (χ3v) is 3.39. The van der Waals surface area contributed by atoms with Gasteiger partial charge in [0.1, 0.15) is 0 Å². The minimum absolute atomic E-state index is 0.386. The summed E-state index contributed by atoms with van der Waals surface area (Å²) in [4.78, 5) is 0. The zero-order valence-electron chi connectivity index (χ0n) is 5.46. The van der Waals surface area contributed by atoms with Gasteiger partial charge in [-0.25, -0.2) is 0 Å². The summed E-state index contributed by atoms with van der Waals surface area (Å²) in [5, 5.41) is 0. The van der Waals surface area contributed by atoms with E-state index in [1.807, 2.05) is 0 Å². The van der Waals surface area contributed by atoms with Gasteiger partial charge in [0.05, 0.1) is 0 Å². The summed E-state index contributed by atoms with van der Waals surface area (Å²) in [5.74, 6) is 0. The van der Waals surface area contributed by atoms with E-state index in [0.717, 1.165) is 0 Å². The summed E-state index contributed by atoms with van der Waals surface area (Å²) in [6.07, 6.45) is 1.35. The van der Waals surface area contributed by atoms with Gasteiger partial charge in [0.25, 0.3) is 0 Å². The van der Waals surface area contributed by atoms with Gasteiger partial charge in [-0.05, 0) is 0 Å². The van der Waals surface area contributed by atoms with E-state index in [2.05, 4.69) is 21.7 Å². The van der Waals surface area contributed by atoms with Crippen molar-refractivity contribution in [3.05, 3.63) is 0 Å². The number of rotatable bonds is 0. The van der Waals surface area contributed by atoms with E-state index in [9.17, 15) is 0 Å². The minimum atomic E-state index is 0.386. The second-order valence-corrected chi connectivity index (χ2v) is 5.45. The molecule has 0 N–H and O–H groups in total. The van der Waals surface area contributed by atoms with Crippen molar-refractivity contribution >= 4 is 16.2 Å². The maximum absolute atomic E-state index is 2.43. The van der Waals surface area contributed by atoms with Gasteiger partial charge in [-0.3, -0.25) is 0 Å². The Morgan fingerprint density at radius 2 is 1.62 bits per heavy atom. The first-order valence-electron chi connectivity index (χ1n) is 2.93. The molecule has 1 aliphatic heterocycles. The molecule has 8 heavy (non-hydrogen) atoms. The van der Waals surface area contributed by atoms with E-state index < -0.39 is 0 Å². The second kappa shape index (κ2) is 2.86. The summed E-state index contributed by atoms with van der Waals surface area (Å²) in [6, 6.07) is 0. The van der Waals surface area contributed by atoms with Crippen molar-refractivity contribution in [3.8, 4) is 0 Å². The molecule has 0 amide bonds. The van der Waals surface area contributed by atoms with E-state index in [1.165, 1.54) is 19.5 Å². The molecule has 1 fully saturated rings. The Morgan fingerprint density at radius 1 is 1.12 bits per heavy atom. The zero-order valence-corrected chi connectivity index (χ0v) is 7.34. The Kier molecular flexibility index (Phi) is 2.36.